The van der Waals surface area contributed by atoms with Crippen molar-refractivity contribution < 1.29 is 9.53 Å². The van der Waals surface area contributed by atoms with E-state index >= 15 is 0 Å². The molecular formula is C16H18N2O2S2. The molecule has 1 saturated heterocycles. The van der Waals surface area contributed by atoms with Gasteiger partial charge < -0.3 is 9.64 Å². The number of hydrogen-bond donors (Lipinski definition) is 0. The van der Waals surface area contributed by atoms with Crippen LogP contribution in [0.4, 0.5) is 0 Å². The molecule has 0 N–H and O–H groups in total. The van der Waals surface area contributed by atoms with E-state index in [9.17, 15) is 4.79 Å². The second kappa shape index (κ2) is 7.65. The number of benzene rings is 1. The number of likely N-dealkylation sites (tertiary alicyclic amines) is 1. The van der Waals surface area contributed by atoms with Crippen LogP contribution < -0.4 is 4.74 Å². The highest BCUT2D eigenvalue weighted by atomic mass is 32.2. The molecule has 22 heavy (non-hydrogen) atoms. The second-order valence-corrected chi connectivity index (χ2v) is 7.10. The third kappa shape index (κ3) is 4.24. The van der Waals surface area contributed by atoms with Crippen molar-refractivity contribution in [1.82, 2.24) is 9.88 Å². The molecule has 0 bridgehead atoms. The Morgan fingerprint density at radius 3 is 3.05 bits per heavy atom. The minimum absolute atomic E-state index is 0.0804. The lowest BCUT2D eigenvalue weighted by molar-refractivity contribution is -0.129. The number of aromatic nitrogens is 1. The SMILES string of the molecule is O=C(CCSc1ccccc1)N1CCC(Oc2nccs2)C1. The van der Waals surface area contributed by atoms with Crippen LogP contribution in [0, 0.1) is 0 Å². The van der Waals surface area contributed by atoms with Gasteiger partial charge in [-0.15, -0.1) is 11.8 Å². The summed E-state index contributed by atoms with van der Waals surface area (Å²) in [5.41, 5.74) is 0. The van der Waals surface area contributed by atoms with Gasteiger partial charge in [0.15, 0.2) is 0 Å². The smallest absolute Gasteiger partial charge is 0.273 e. The monoisotopic (exact) mass is 334 g/mol. The molecule has 3 rings (SSSR count). The summed E-state index contributed by atoms with van der Waals surface area (Å²) < 4.78 is 5.78. The number of rotatable bonds is 6. The Hall–Kier alpha value is -1.53. The summed E-state index contributed by atoms with van der Waals surface area (Å²) in [5.74, 6) is 1.03. The summed E-state index contributed by atoms with van der Waals surface area (Å²) in [6, 6.07) is 10.2. The average Bonchev–Trinajstić information content (AvgIpc) is 3.21. The van der Waals surface area contributed by atoms with Crippen LogP contribution in [0.5, 0.6) is 5.19 Å². The standard InChI is InChI=1S/C16H18N2O2S2/c19-15(7-10-21-14-4-2-1-3-5-14)18-9-6-13(12-18)20-16-17-8-11-22-16/h1-5,8,11,13H,6-7,9-10,12H2. The third-order valence-electron chi connectivity index (χ3n) is 3.50. The van der Waals surface area contributed by atoms with E-state index in [0.29, 0.717) is 18.2 Å². The molecule has 2 aromatic rings. The third-order valence-corrected chi connectivity index (χ3v) is 5.18. The topological polar surface area (TPSA) is 42.4 Å². The van der Waals surface area contributed by atoms with Crippen molar-refractivity contribution in [3.05, 3.63) is 41.9 Å². The fourth-order valence-electron chi connectivity index (χ4n) is 2.39. The molecule has 1 aliphatic rings. The highest BCUT2D eigenvalue weighted by molar-refractivity contribution is 7.99. The van der Waals surface area contributed by atoms with Crippen molar-refractivity contribution in [2.45, 2.75) is 23.8 Å². The van der Waals surface area contributed by atoms with Gasteiger partial charge >= 0.3 is 0 Å². The zero-order valence-corrected chi connectivity index (χ0v) is 13.8. The number of ether oxygens (including phenoxy) is 1. The van der Waals surface area contributed by atoms with E-state index in [0.717, 1.165) is 18.7 Å². The lowest BCUT2D eigenvalue weighted by Crippen LogP contribution is -2.31. The zero-order chi connectivity index (χ0) is 15.2. The number of thioether (sulfide) groups is 1. The highest BCUT2D eigenvalue weighted by Gasteiger charge is 2.27. The van der Waals surface area contributed by atoms with Crippen molar-refractivity contribution in [2.24, 2.45) is 0 Å². The predicted octanol–water partition coefficient (Wildman–Crippen LogP) is 3.31. The van der Waals surface area contributed by atoms with E-state index in [2.05, 4.69) is 17.1 Å². The minimum Gasteiger partial charge on any atom is -0.465 e. The molecule has 116 valence electrons. The molecule has 1 amide bonds. The first-order valence-corrected chi connectivity index (χ1v) is 9.19. The average molecular weight is 334 g/mol. The summed E-state index contributed by atoms with van der Waals surface area (Å²) >= 11 is 3.22. The molecule has 1 atom stereocenters. The number of nitrogens with zero attached hydrogens (tertiary/aromatic N) is 2. The van der Waals surface area contributed by atoms with Crippen LogP contribution in [0.1, 0.15) is 12.8 Å². The molecule has 2 heterocycles. The first-order valence-electron chi connectivity index (χ1n) is 7.33. The van der Waals surface area contributed by atoms with Gasteiger partial charge in [0.1, 0.15) is 6.10 Å². The molecule has 1 aromatic heterocycles. The van der Waals surface area contributed by atoms with Gasteiger partial charge in [0.25, 0.3) is 5.19 Å². The number of thiazole rings is 1. The Labute approximate surface area is 138 Å². The fraction of sp³-hybridized carbons (Fsp3) is 0.375. The van der Waals surface area contributed by atoms with Gasteiger partial charge in [-0.2, -0.15) is 0 Å². The maximum Gasteiger partial charge on any atom is 0.273 e. The van der Waals surface area contributed by atoms with Crippen molar-refractivity contribution in [1.29, 1.82) is 0 Å². The molecule has 0 radical (unpaired) electrons. The Balaban J connectivity index is 1.40. The number of amides is 1. The lowest BCUT2D eigenvalue weighted by atomic mass is 10.3. The predicted molar refractivity (Wildman–Crippen MR) is 89.5 cm³/mol. The van der Waals surface area contributed by atoms with Crippen molar-refractivity contribution >= 4 is 29.0 Å². The summed E-state index contributed by atoms with van der Waals surface area (Å²) in [4.78, 5) is 19.5. The van der Waals surface area contributed by atoms with Crippen molar-refractivity contribution in [3.63, 3.8) is 0 Å². The summed E-state index contributed by atoms with van der Waals surface area (Å²) in [7, 11) is 0. The van der Waals surface area contributed by atoms with Gasteiger partial charge in [0.2, 0.25) is 5.91 Å². The van der Waals surface area contributed by atoms with E-state index in [1.54, 1.807) is 18.0 Å². The van der Waals surface area contributed by atoms with E-state index in [4.69, 9.17) is 4.74 Å². The van der Waals surface area contributed by atoms with Crippen LogP contribution in [0.3, 0.4) is 0 Å². The normalized spacial score (nSPS) is 17.6. The molecule has 1 aliphatic heterocycles. The minimum atomic E-state index is 0.0804. The first-order chi connectivity index (χ1) is 10.8. The molecule has 0 saturated carbocycles. The molecule has 6 heteroatoms. The van der Waals surface area contributed by atoms with Gasteiger partial charge in [0, 0.05) is 41.6 Å². The van der Waals surface area contributed by atoms with Gasteiger partial charge in [0.05, 0.1) is 6.54 Å². The van der Waals surface area contributed by atoms with E-state index in [-0.39, 0.29) is 12.0 Å². The van der Waals surface area contributed by atoms with Crippen LogP contribution in [0.2, 0.25) is 0 Å². The fourth-order valence-corrected chi connectivity index (χ4v) is 3.81. The van der Waals surface area contributed by atoms with Crippen LogP contribution in [0.25, 0.3) is 0 Å². The number of carbonyl (C=O) groups is 1. The Morgan fingerprint density at radius 2 is 2.27 bits per heavy atom. The first kappa shape index (κ1) is 15.4. The van der Waals surface area contributed by atoms with E-state index in [1.807, 2.05) is 28.5 Å². The van der Waals surface area contributed by atoms with Gasteiger partial charge in [-0.1, -0.05) is 29.5 Å². The summed E-state index contributed by atoms with van der Waals surface area (Å²) in [6.07, 6.45) is 3.27. The molecular weight excluding hydrogens is 316 g/mol. The molecule has 4 nitrogen and oxygen atoms in total. The zero-order valence-electron chi connectivity index (χ0n) is 12.2. The maximum absolute atomic E-state index is 12.2. The molecule has 0 spiro atoms. The molecule has 1 fully saturated rings. The van der Waals surface area contributed by atoms with Crippen LogP contribution in [0.15, 0.2) is 46.8 Å². The Kier molecular flexibility index (Phi) is 5.34. The Bertz CT molecular complexity index is 589. The summed E-state index contributed by atoms with van der Waals surface area (Å²) in [5, 5.41) is 2.59. The van der Waals surface area contributed by atoms with Crippen molar-refractivity contribution in [2.75, 3.05) is 18.8 Å². The lowest BCUT2D eigenvalue weighted by Gasteiger charge is -2.16. The number of hydrogen-bond acceptors (Lipinski definition) is 5. The quantitative estimate of drug-likeness (QED) is 0.760. The maximum atomic E-state index is 12.2. The molecule has 1 unspecified atom stereocenters. The number of carbonyl (C=O) groups excluding carboxylic acids is 1. The molecule has 0 aliphatic carbocycles. The van der Waals surface area contributed by atoms with E-state index < -0.39 is 0 Å². The highest BCUT2D eigenvalue weighted by Crippen LogP contribution is 2.22. The molecule has 1 aromatic carbocycles. The van der Waals surface area contributed by atoms with Crippen LogP contribution in [-0.2, 0) is 4.79 Å². The second-order valence-electron chi connectivity index (χ2n) is 5.08. The van der Waals surface area contributed by atoms with Crippen molar-refractivity contribution in [3.8, 4) is 5.19 Å². The van der Waals surface area contributed by atoms with Gasteiger partial charge in [-0.3, -0.25) is 4.79 Å². The van der Waals surface area contributed by atoms with Crippen LogP contribution >= 0.6 is 23.1 Å². The van der Waals surface area contributed by atoms with Gasteiger partial charge in [-0.05, 0) is 12.1 Å². The van der Waals surface area contributed by atoms with E-state index in [1.165, 1.54) is 16.2 Å². The van der Waals surface area contributed by atoms with Crippen LogP contribution in [-0.4, -0.2) is 40.7 Å². The largest absolute Gasteiger partial charge is 0.465 e. The summed E-state index contributed by atoms with van der Waals surface area (Å²) in [6.45, 7) is 1.46. The Morgan fingerprint density at radius 1 is 1.41 bits per heavy atom. The van der Waals surface area contributed by atoms with Gasteiger partial charge in [-0.25, -0.2) is 4.98 Å².